The van der Waals surface area contributed by atoms with E-state index in [0.717, 1.165) is 21.6 Å². The summed E-state index contributed by atoms with van der Waals surface area (Å²) in [6.07, 6.45) is -0.123. The molecule has 1 N–H and O–H groups in total. The Kier molecular flexibility index (Phi) is 3.33. The molecular weight excluding hydrogens is 345 g/mol. The van der Waals surface area contributed by atoms with Gasteiger partial charge in [0.1, 0.15) is 0 Å². The van der Waals surface area contributed by atoms with Crippen molar-refractivity contribution in [2.24, 2.45) is 12.5 Å². The highest BCUT2D eigenvalue weighted by Gasteiger charge is 2.41. The van der Waals surface area contributed by atoms with Gasteiger partial charge in [-0.1, -0.05) is 20.8 Å². The van der Waals surface area contributed by atoms with E-state index >= 15 is 0 Å². The highest BCUT2D eigenvalue weighted by Crippen LogP contribution is 2.41. The van der Waals surface area contributed by atoms with Crippen molar-refractivity contribution in [2.45, 2.75) is 33.2 Å². The fourth-order valence-electron chi connectivity index (χ4n) is 2.62. The SMILES string of the molecule is Cn1c(I)nc2c1CCN(C(=O)O)C2C(C)(C)C. The minimum Gasteiger partial charge on any atom is -0.465 e. The second-order valence-corrected chi connectivity index (χ2v) is 6.73. The molecule has 2 rings (SSSR count). The first-order valence-corrected chi connectivity index (χ1v) is 7.02. The molecule has 6 heteroatoms. The maximum atomic E-state index is 11.4. The van der Waals surface area contributed by atoms with E-state index in [1.54, 1.807) is 0 Å². The summed E-state index contributed by atoms with van der Waals surface area (Å²) >= 11 is 2.19. The summed E-state index contributed by atoms with van der Waals surface area (Å²) in [5, 5.41) is 9.36. The molecule has 0 spiro atoms. The molecule has 0 aromatic carbocycles. The standard InChI is InChI=1S/C12H18IN3O2/c1-12(2,3)9-8-7(15(4)10(13)14-8)5-6-16(9)11(17)18/h9H,5-6H2,1-4H3,(H,17,18). The van der Waals surface area contributed by atoms with Gasteiger partial charge >= 0.3 is 6.09 Å². The Morgan fingerprint density at radius 1 is 1.50 bits per heavy atom. The van der Waals surface area contributed by atoms with Crippen molar-refractivity contribution in [3.05, 3.63) is 15.2 Å². The fraction of sp³-hybridized carbons (Fsp3) is 0.667. The molecule has 1 aromatic heterocycles. The lowest BCUT2D eigenvalue weighted by Crippen LogP contribution is -2.45. The Bertz CT molecular complexity index is 490. The van der Waals surface area contributed by atoms with Crippen molar-refractivity contribution in [1.29, 1.82) is 0 Å². The Morgan fingerprint density at radius 3 is 2.61 bits per heavy atom. The van der Waals surface area contributed by atoms with Crippen LogP contribution in [-0.4, -0.2) is 32.2 Å². The number of nitrogens with zero attached hydrogens (tertiary/aromatic N) is 3. The van der Waals surface area contributed by atoms with Gasteiger partial charge in [-0.15, -0.1) is 0 Å². The van der Waals surface area contributed by atoms with Crippen molar-refractivity contribution in [2.75, 3.05) is 6.54 Å². The summed E-state index contributed by atoms with van der Waals surface area (Å²) in [7, 11) is 1.99. The van der Waals surface area contributed by atoms with Gasteiger partial charge < -0.3 is 9.67 Å². The summed E-state index contributed by atoms with van der Waals surface area (Å²) in [5.74, 6) is 0. The molecule has 100 valence electrons. The van der Waals surface area contributed by atoms with Crippen LogP contribution in [0, 0.1) is 9.25 Å². The van der Waals surface area contributed by atoms with Crippen LogP contribution in [0.15, 0.2) is 0 Å². The second-order valence-electron chi connectivity index (χ2n) is 5.77. The zero-order valence-electron chi connectivity index (χ0n) is 11.1. The lowest BCUT2D eigenvalue weighted by molar-refractivity contribution is 0.0732. The Labute approximate surface area is 120 Å². The van der Waals surface area contributed by atoms with Crippen LogP contribution in [0.25, 0.3) is 0 Å². The number of rotatable bonds is 0. The van der Waals surface area contributed by atoms with Crippen molar-refractivity contribution in [1.82, 2.24) is 14.5 Å². The molecule has 0 radical (unpaired) electrons. The minimum absolute atomic E-state index is 0.162. The number of carbonyl (C=O) groups is 1. The zero-order valence-corrected chi connectivity index (χ0v) is 13.2. The van der Waals surface area contributed by atoms with Gasteiger partial charge in [-0.25, -0.2) is 9.78 Å². The van der Waals surface area contributed by atoms with Crippen LogP contribution in [0.3, 0.4) is 0 Å². The predicted octanol–water partition coefficient (Wildman–Crippen LogP) is 2.65. The Hall–Kier alpha value is -0.790. The number of hydrogen-bond acceptors (Lipinski definition) is 2. The van der Waals surface area contributed by atoms with Crippen LogP contribution in [0.5, 0.6) is 0 Å². The van der Waals surface area contributed by atoms with Crippen molar-refractivity contribution in [3.63, 3.8) is 0 Å². The van der Waals surface area contributed by atoms with E-state index < -0.39 is 6.09 Å². The van der Waals surface area contributed by atoms with Crippen molar-refractivity contribution >= 4 is 28.7 Å². The number of imidazole rings is 1. The topological polar surface area (TPSA) is 58.4 Å². The number of aromatic nitrogens is 2. The van der Waals surface area contributed by atoms with Gasteiger partial charge in [0.25, 0.3) is 0 Å². The Morgan fingerprint density at radius 2 is 2.11 bits per heavy atom. The highest BCUT2D eigenvalue weighted by atomic mass is 127. The molecule has 1 unspecified atom stereocenters. The van der Waals surface area contributed by atoms with Crippen molar-refractivity contribution in [3.8, 4) is 0 Å². The summed E-state index contributed by atoms with van der Waals surface area (Å²) in [5.41, 5.74) is 1.92. The highest BCUT2D eigenvalue weighted by molar-refractivity contribution is 14.1. The number of halogens is 1. The van der Waals surface area contributed by atoms with Gasteiger partial charge in [0.2, 0.25) is 0 Å². The average molecular weight is 363 g/mol. The molecule has 0 fully saturated rings. The van der Waals surface area contributed by atoms with Crippen molar-refractivity contribution < 1.29 is 9.90 Å². The van der Waals surface area contributed by atoms with Crippen LogP contribution >= 0.6 is 22.6 Å². The lowest BCUT2D eigenvalue weighted by atomic mass is 9.81. The molecule has 1 aliphatic rings. The van der Waals surface area contributed by atoms with E-state index in [0.29, 0.717) is 6.54 Å². The molecule has 0 bridgehead atoms. The third-order valence-electron chi connectivity index (χ3n) is 3.42. The second kappa shape index (κ2) is 4.40. The van der Waals surface area contributed by atoms with Gasteiger partial charge in [0, 0.05) is 25.7 Å². The number of amides is 1. The number of carboxylic acid groups (broad SMARTS) is 1. The molecule has 1 aromatic rings. The van der Waals surface area contributed by atoms with Gasteiger partial charge in [-0.05, 0) is 28.0 Å². The monoisotopic (exact) mass is 363 g/mol. The van der Waals surface area contributed by atoms with E-state index in [9.17, 15) is 9.90 Å². The van der Waals surface area contributed by atoms with Crippen LogP contribution in [0.4, 0.5) is 4.79 Å². The fourth-order valence-corrected chi connectivity index (χ4v) is 3.17. The largest absolute Gasteiger partial charge is 0.465 e. The lowest BCUT2D eigenvalue weighted by Gasteiger charge is -2.41. The molecule has 2 heterocycles. The number of fused-ring (bicyclic) bond motifs is 1. The summed E-state index contributed by atoms with van der Waals surface area (Å²) < 4.78 is 2.98. The summed E-state index contributed by atoms with van der Waals surface area (Å²) in [6, 6.07) is -0.173. The van der Waals surface area contributed by atoms with E-state index in [4.69, 9.17) is 0 Å². The molecular formula is C12H18IN3O2. The first-order chi connectivity index (χ1) is 8.23. The minimum atomic E-state index is -0.860. The van der Waals surface area contributed by atoms with E-state index in [1.807, 2.05) is 7.05 Å². The van der Waals surface area contributed by atoms with Crippen LogP contribution in [0.2, 0.25) is 0 Å². The van der Waals surface area contributed by atoms with E-state index in [1.165, 1.54) is 4.90 Å². The van der Waals surface area contributed by atoms with Crippen LogP contribution < -0.4 is 0 Å². The van der Waals surface area contributed by atoms with Crippen LogP contribution in [0.1, 0.15) is 38.2 Å². The van der Waals surface area contributed by atoms with E-state index in [2.05, 4.69) is 52.9 Å². The third kappa shape index (κ3) is 2.10. The third-order valence-corrected chi connectivity index (χ3v) is 4.38. The first-order valence-electron chi connectivity index (χ1n) is 5.94. The molecule has 0 saturated carbocycles. The molecule has 18 heavy (non-hydrogen) atoms. The molecule has 1 amide bonds. The predicted molar refractivity (Wildman–Crippen MR) is 76.6 cm³/mol. The first kappa shape index (κ1) is 13.6. The molecule has 1 aliphatic heterocycles. The van der Waals surface area contributed by atoms with Gasteiger partial charge in [-0.3, -0.25) is 4.90 Å². The van der Waals surface area contributed by atoms with Gasteiger partial charge in [-0.2, -0.15) is 0 Å². The number of hydrogen-bond donors (Lipinski definition) is 1. The summed E-state index contributed by atoms with van der Waals surface area (Å²) in [6.45, 7) is 6.72. The normalized spacial score (nSPS) is 19.8. The quantitative estimate of drug-likeness (QED) is 0.721. The van der Waals surface area contributed by atoms with Gasteiger partial charge in [0.05, 0.1) is 11.7 Å². The molecule has 5 nitrogen and oxygen atoms in total. The summed E-state index contributed by atoms with van der Waals surface area (Å²) in [4.78, 5) is 17.5. The Balaban J connectivity index is 2.56. The molecule has 0 saturated heterocycles. The van der Waals surface area contributed by atoms with Crippen LogP contribution in [-0.2, 0) is 13.5 Å². The maximum Gasteiger partial charge on any atom is 0.407 e. The molecule has 1 atom stereocenters. The maximum absolute atomic E-state index is 11.4. The average Bonchev–Trinajstić information content (AvgIpc) is 2.52. The van der Waals surface area contributed by atoms with Gasteiger partial charge in [0.15, 0.2) is 3.83 Å². The van der Waals surface area contributed by atoms with E-state index in [-0.39, 0.29) is 11.5 Å². The molecule has 0 aliphatic carbocycles. The smallest absolute Gasteiger partial charge is 0.407 e. The zero-order chi connectivity index (χ0) is 13.7.